The van der Waals surface area contributed by atoms with Gasteiger partial charge in [-0.15, -0.1) is 0 Å². The maximum atomic E-state index is 12.7. The van der Waals surface area contributed by atoms with Crippen LogP contribution in [0.25, 0.3) is 0 Å². The van der Waals surface area contributed by atoms with Crippen molar-refractivity contribution in [2.75, 3.05) is 31.1 Å². The van der Waals surface area contributed by atoms with E-state index in [2.05, 4.69) is 27.0 Å². The zero-order valence-electron chi connectivity index (χ0n) is 13.0. The van der Waals surface area contributed by atoms with Crippen LogP contribution in [0.15, 0.2) is 48.8 Å². The lowest BCUT2D eigenvalue weighted by Gasteiger charge is -2.34. The zero-order valence-corrected chi connectivity index (χ0v) is 13.0. The van der Waals surface area contributed by atoms with E-state index < -0.39 is 0 Å². The molecule has 0 unspecified atom stereocenters. The highest BCUT2D eigenvalue weighted by Gasteiger charge is 2.46. The Morgan fingerprint density at radius 2 is 1.65 bits per heavy atom. The van der Waals surface area contributed by atoms with Crippen LogP contribution in [-0.2, 0) is 4.79 Å². The van der Waals surface area contributed by atoms with Crippen LogP contribution in [0.1, 0.15) is 17.9 Å². The second-order valence-electron chi connectivity index (χ2n) is 6.22. The Bertz CT molecular complexity index is 668. The monoisotopic (exact) mass is 308 g/mol. The Hall–Kier alpha value is -2.43. The second-order valence-corrected chi connectivity index (χ2v) is 6.22. The van der Waals surface area contributed by atoms with E-state index in [4.69, 9.17) is 0 Å². The molecule has 1 saturated carbocycles. The molecule has 2 heterocycles. The number of benzene rings is 1. The SMILES string of the molecule is O=C([C@H]1C[C@H]1c1ccccc1)N1CCN(c2ncccn2)CC1. The number of aromatic nitrogens is 2. The van der Waals surface area contributed by atoms with E-state index >= 15 is 0 Å². The van der Waals surface area contributed by atoms with Gasteiger partial charge in [0.2, 0.25) is 11.9 Å². The van der Waals surface area contributed by atoms with Crippen LogP contribution in [-0.4, -0.2) is 47.0 Å². The van der Waals surface area contributed by atoms with E-state index in [0.717, 1.165) is 38.5 Å². The first kappa shape index (κ1) is 14.2. The van der Waals surface area contributed by atoms with E-state index in [1.807, 2.05) is 29.2 Å². The molecule has 1 aromatic carbocycles. The van der Waals surface area contributed by atoms with Crippen molar-refractivity contribution in [1.82, 2.24) is 14.9 Å². The Morgan fingerprint density at radius 1 is 0.957 bits per heavy atom. The molecule has 2 aliphatic rings. The van der Waals surface area contributed by atoms with Crippen molar-refractivity contribution in [2.24, 2.45) is 5.92 Å². The van der Waals surface area contributed by atoms with E-state index in [1.54, 1.807) is 12.4 Å². The summed E-state index contributed by atoms with van der Waals surface area (Å²) in [4.78, 5) is 25.4. The third-order valence-corrected chi connectivity index (χ3v) is 4.76. The first-order valence-electron chi connectivity index (χ1n) is 8.18. The zero-order chi connectivity index (χ0) is 15.6. The van der Waals surface area contributed by atoms with Crippen molar-refractivity contribution in [3.63, 3.8) is 0 Å². The molecule has 2 atom stereocenters. The van der Waals surface area contributed by atoms with Gasteiger partial charge in [-0.1, -0.05) is 30.3 Å². The fourth-order valence-electron chi connectivity index (χ4n) is 3.35. The average Bonchev–Trinajstić information content (AvgIpc) is 3.44. The molecule has 1 aliphatic heterocycles. The van der Waals surface area contributed by atoms with Gasteiger partial charge in [0.1, 0.15) is 0 Å². The van der Waals surface area contributed by atoms with Gasteiger partial charge in [0.05, 0.1) is 0 Å². The Morgan fingerprint density at radius 3 is 2.35 bits per heavy atom. The molecule has 0 radical (unpaired) electrons. The highest BCUT2D eigenvalue weighted by molar-refractivity contribution is 5.83. The molecule has 5 nitrogen and oxygen atoms in total. The Balaban J connectivity index is 1.34. The van der Waals surface area contributed by atoms with Gasteiger partial charge in [-0.25, -0.2) is 9.97 Å². The van der Waals surface area contributed by atoms with Crippen molar-refractivity contribution >= 4 is 11.9 Å². The number of carbonyl (C=O) groups is 1. The lowest BCUT2D eigenvalue weighted by atomic mass is 10.1. The van der Waals surface area contributed by atoms with Gasteiger partial charge in [-0.2, -0.15) is 0 Å². The van der Waals surface area contributed by atoms with E-state index in [-0.39, 0.29) is 5.92 Å². The smallest absolute Gasteiger partial charge is 0.226 e. The Kier molecular flexibility index (Phi) is 3.69. The summed E-state index contributed by atoms with van der Waals surface area (Å²) < 4.78 is 0. The van der Waals surface area contributed by atoms with Gasteiger partial charge >= 0.3 is 0 Å². The average molecular weight is 308 g/mol. The minimum atomic E-state index is 0.178. The van der Waals surface area contributed by atoms with Gasteiger partial charge in [0.25, 0.3) is 0 Å². The van der Waals surface area contributed by atoms with Gasteiger partial charge in [0, 0.05) is 44.5 Å². The number of hydrogen-bond donors (Lipinski definition) is 0. The van der Waals surface area contributed by atoms with Gasteiger partial charge in [0.15, 0.2) is 0 Å². The molecule has 0 spiro atoms. The molecule has 0 N–H and O–H groups in total. The fourth-order valence-corrected chi connectivity index (χ4v) is 3.35. The topological polar surface area (TPSA) is 49.3 Å². The van der Waals surface area contributed by atoms with Crippen LogP contribution < -0.4 is 4.90 Å². The number of amides is 1. The number of piperazine rings is 1. The van der Waals surface area contributed by atoms with Crippen molar-refractivity contribution in [3.8, 4) is 0 Å². The summed E-state index contributed by atoms with van der Waals surface area (Å²) in [7, 11) is 0. The van der Waals surface area contributed by atoms with Crippen LogP contribution in [0.5, 0.6) is 0 Å². The maximum Gasteiger partial charge on any atom is 0.226 e. The summed E-state index contributed by atoms with van der Waals surface area (Å²) in [5.74, 6) is 1.66. The van der Waals surface area contributed by atoms with Crippen molar-refractivity contribution < 1.29 is 4.79 Å². The van der Waals surface area contributed by atoms with Crippen molar-refractivity contribution in [3.05, 3.63) is 54.4 Å². The first-order valence-corrected chi connectivity index (χ1v) is 8.18. The molecular formula is C18H20N4O. The predicted molar refractivity (Wildman–Crippen MR) is 88.1 cm³/mol. The van der Waals surface area contributed by atoms with Crippen molar-refractivity contribution in [2.45, 2.75) is 12.3 Å². The van der Waals surface area contributed by atoms with Crippen LogP contribution in [0, 0.1) is 5.92 Å². The molecule has 1 amide bonds. The summed E-state index contributed by atoms with van der Waals surface area (Å²) in [5.41, 5.74) is 1.29. The molecule has 2 fully saturated rings. The van der Waals surface area contributed by atoms with Gasteiger partial charge in [-0.05, 0) is 24.0 Å². The quantitative estimate of drug-likeness (QED) is 0.869. The standard InChI is InChI=1S/C18H20N4O/c23-17(16-13-15(16)14-5-2-1-3-6-14)21-9-11-22(12-10-21)18-19-7-4-8-20-18/h1-8,15-16H,9-13H2/t15-,16-/m0/s1. The van der Waals surface area contributed by atoms with E-state index in [0.29, 0.717) is 11.8 Å². The number of carbonyl (C=O) groups excluding carboxylic acids is 1. The lowest BCUT2D eigenvalue weighted by Crippen LogP contribution is -2.49. The Labute approximate surface area is 136 Å². The molecule has 5 heteroatoms. The van der Waals surface area contributed by atoms with Crippen LogP contribution in [0.4, 0.5) is 5.95 Å². The summed E-state index contributed by atoms with van der Waals surface area (Å²) in [6.07, 6.45) is 4.51. The van der Waals surface area contributed by atoms with E-state index in [1.165, 1.54) is 5.56 Å². The molecule has 1 saturated heterocycles. The summed E-state index contributed by atoms with van der Waals surface area (Å²) in [5, 5.41) is 0. The first-order chi connectivity index (χ1) is 11.3. The minimum Gasteiger partial charge on any atom is -0.339 e. The minimum absolute atomic E-state index is 0.178. The highest BCUT2D eigenvalue weighted by Crippen LogP contribution is 2.48. The number of hydrogen-bond acceptors (Lipinski definition) is 4. The fraction of sp³-hybridized carbons (Fsp3) is 0.389. The molecule has 23 heavy (non-hydrogen) atoms. The van der Waals surface area contributed by atoms with Crippen LogP contribution in [0.3, 0.4) is 0 Å². The second kappa shape index (κ2) is 5.99. The predicted octanol–water partition coefficient (Wildman–Crippen LogP) is 1.93. The third-order valence-electron chi connectivity index (χ3n) is 4.76. The third kappa shape index (κ3) is 2.91. The largest absolute Gasteiger partial charge is 0.339 e. The molecule has 118 valence electrons. The van der Waals surface area contributed by atoms with Crippen molar-refractivity contribution in [1.29, 1.82) is 0 Å². The maximum absolute atomic E-state index is 12.7. The number of rotatable bonds is 3. The summed E-state index contributed by atoms with van der Waals surface area (Å²) in [6.45, 7) is 3.13. The molecule has 2 aromatic rings. The molecule has 1 aliphatic carbocycles. The van der Waals surface area contributed by atoms with Crippen LogP contribution in [0.2, 0.25) is 0 Å². The molecule has 1 aromatic heterocycles. The van der Waals surface area contributed by atoms with Gasteiger partial charge < -0.3 is 9.80 Å². The normalized spacial score (nSPS) is 23.7. The van der Waals surface area contributed by atoms with E-state index in [9.17, 15) is 4.79 Å². The molecule has 0 bridgehead atoms. The van der Waals surface area contributed by atoms with Gasteiger partial charge in [-0.3, -0.25) is 4.79 Å². The molecule has 4 rings (SSSR count). The van der Waals surface area contributed by atoms with Crippen LogP contribution >= 0.6 is 0 Å². The number of anilines is 1. The number of nitrogens with zero attached hydrogens (tertiary/aromatic N) is 4. The summed E-state index contributed by atoms with van der Waals surface area (Å²) >= 11 is 0. The lowest BCUT2D eigenvalue weighted by molar-refractivity contribution is -0.133. The highest BCUT2D eigenvalue weighted by atomic mass is 16.2. The summed E-state index contributed by atoms with van der Waals surface area (Å²) in [6, 6.07) is 12.2. The molecular weight excluding hydrogens is 288 g/mol.